The highest BCUT2D eigenvalue weighted by molar-refractivity contribution is 7.92. The minimum absolute atomic E-state index is 0.0508. The van der Waals surface area contributed by atoms with Gasteiger partial charge < -0.3 is 5.11 Å². The van der Waals surface area contributed by atoms with Crippen molar-refractivity contribution in [3.05, 3.63) is 52.4 Å². The average Bonchev–Trinajstić information content (AvgIpc) is 2.66. The summed E-state index contributed by atoms with van der Waals surface area (Å²) in [5, 5.41) is 10.5. The van der Waals surface area contributed by atoms with Crippen LogP contribution in [0.25, 0.3) is 6.08 Å². The molecular weight excluding hydrogens is 410 g/mol. The number of carboxylic acids is 1. The Labute approximate surface area is 177 Å². The van der Waals surface area contributed by atoms with Crippen LogP contribution in [0, 0.1) is 17.8 Å². The Hall–Kier alpha value is -1.63. The van der Waals surface area contributed by atoms with E-state index in [0.717, 1.165) is 37.7 Å². The minimum atomic E-state index is -3.54. The summed E-state index contributed by atoms with van der Waals surface area (Å²) >= 11 is 5.95. The van der Waals surface area contributed by atoms with E-state index in [2.05, 4.69) is 16.9 Å². The summed E-state index contributed by atoms with van der Waals surface area (Å²) in [6, 6.07) is 7.02. The van der Waals surface area contributed by atoms with Gasteiger partial charge >= 0.3 is 5.97 Å². The van der Waals surface area contributed by atoms with E-state index in [1.54, 1.807) is 24.3 Å². The maximum atomic E-state index is 12.6. The van der Waals surface area contributed by atoms with E-state index in [1.807, 2.05) is 6.07 Å². The first-order valence-corrected chi connectivity index (χ1v) is 12.1. The second-order valence-corrected chi connectivity index (χ2v) is 10.1. The third kappa shape index (κ3) is 6.69. The van der Waals surface area contributed by atoms with Crippen molar-refractivity contribution >= 4 is 33.7 Å². The highest BCUT2D eigenvalue weighted by atomic mass is 35.5. The Morgan fingerprint density at radius 3 is 2.83 bits per heavy atom. The van der Waals surface area contributed by atoms with Crippen LogP contribution in [0.1, 0.15) is 50.5 Å². The predicted molar refractivity (Wildman–Crippen MR) is 116 cm³/mol. The molecule has 3 saturated carbocycles. The highest BCUT2D eigenvalue weighted by Gasteiger charge is 2.42. The van der Waals surface area contributed by atoms with E-state index in [0.29, 0.717) is 29.2 Å². The summed E-state index contributed by atoms with van der Waals surface area (Å²) in [5.74, 6) is 0.427. The van der Waals surface area contributed by atoms with Crippen molar-refractivity contribution in [2.75, 3.05) is 0 Å². The molecule has 4 unspecified atom stereocenters. The van der Waals surface area contributed by atoms with Crippen LogP contribution in [0.4, 0.5) is 0 Å². The summed E-state index contributed by atoms with van der Waals surface area (Å²) in [6.07, 6.45) is 11.5. The molecule has 0 amide bonds. The molecule has 4 atom stereocenters. The van der Waals surface area contributed by atoms with Crippen LogP contribution in [0.15, 0.2) is 41.8 Å². The molecule has 0 aliphatic heterocycles. The fourth-order valence-electron chi connectivity index (χ4n) is 4.59. The average molecular weight is 438 g/mol. The van der Waals surface area contributed by atoms with Crippen LogP contribution >= 0.6 is 11.6 Å². The van der Waals surface area contributed by atoms with E-state index in [4.69, 9.17) is 16.7 Å². The second-order valence-electron chi connectivity index (χ2n) is 8.08. The molecular formula is C22H28ClNO4S. The van der Waals surface area contributed by atoms with Gasteiger partial charge in [-0.15, -0.1) is 0 Å². The number of carboxylic acid groups (broad SMARTS) is 1. The van der Waals surface area contributed by atoms with Gasteiger partial charge in [-0.1, -0.05) is 42.3 Å². The van der Waals surface area contributed by atoms with Gasteiger partial charge in [0.25, 0.3) is 0 Å². The second kappa shape index (κ2) is 9.92. The van der Waals surface area contributed by atoms with Gasteiger partial charge in [0, 0.05) is 22.9 Å². The van der Waals surface area contributed by atoms with Gasteiger partial charge in [0.05, 0.1) is 0 Å². The fourth-order valence-corrected chi connectivity index (χ4v) is 5.90. The number of aliphatic carboxylic acids is 1. The smallest absolute Gasteiger partial charge is 0.303 e. The summed E-state index contributed by atoms with van der Waals surface area (Å²) < 4.78 is 28.1. The molecule has 1 aromatic rings. The number of hydrogen-bond acceptors (Lipinski definition) is 3. The van der Waals surface area contributed by atoms with Crippen LogP contribution < -0.4 is 4.72 Å². The third-order valence-electron chi connectivity index (χ3n) is 5.92. The van der Waals surface area contributed by atoms with Gasteiger partial charge in [0.1, 0.15) is 0 Å². The Balaban J connectivity index is 1.59. The van der Waals surface area contributed by atoms with E-state index in [-0.39, 0.29) is 12.5 Å². The van der Waals surface area contributed by atoms with Crippen LogP contribution in [-0.4, -0.2) is 25.5 Å². The Bertz CT molecular complexity index is 881. The number of fused-ring (bicyclic) bond motifs is 3. The standard InChI is InChI=1S/C22H28ClNO4S/c23-19-7-4-5-16(14-19)11-12-29(27,28)24-21-15-17-9-10-20(21)18(13-17)6-2-1-3-8-22(25)26/h2,4-7,11-12,14,17-18,20-21,24H,1,3,8-10,13,15H2,(H,25,26). The summed E-state index contributed by atoms with van der Waals surface area (Å²) in [6.45, 7) is 0. The lowest BCUT2D eigenvalue weighted by molar-refractivity contribution is -0.137. The molecule has 1 aromatic carbocycles. The molecule has 0 aromatic heterocycles. The number of benzene rings is 1. The van der Waals surface area contributed by atoms with E-state index < -0.39 is 16.0 Å². The molecule has 4 rings (SSSR count). The van der Waals surface area contributed by atoms with Crippen LogP contribution in [-0.2, 0) is 14.8 Å². The molecule has 2 N–H and O–H groups in total. The van der Waals surface area contributed by atoms with Gasteiger partial charge in [-0.25, -0.2) is 13.1 Å². The van der Waals surface area contributed by atoms with Gasteiger partial charge in [-0.2, -0.15) is 0 Å². The maximum absolute atomic E-state index is 12.6. The lowest BCUT2D eigenvalue weighted by Gasteiger charge is -2.46. The molecule has 0 heterocycles. The lowest BCUT2D eigenvalue weighted by Crippen LogP contribution is -2.49. The minimum Gasteiger partial charge on any atom is -0.481 e. The summed E-state index contributed by atoms with van der Waals surface area (Å²) in [7, 11) is -3.54. The first-order chi connectivity index (χ1) is 13.8. The van der Waals surface area contributed by atoms with E-state index >= 15 is 0 Å². The Kier molecular flexibility index (Phi) is 7.55. The third-order valence-corrected chi connectivity index (χ3v) is 7.28. The van der Waals surface area contributed by atoms with Gasteiger partial charge in [0.2, 0.25) is 10.0 Å². The SMILES string of the molecule is O=C(O)CCCC=CC1CC2CCC1C(NS(=O)(=O)C=Cc1cccc(Cl)c1)C2. The zero-order valence-corrected chi connectivity index (χ0v) is 17.9. The largest absolute Gasteiger partial charge is 0.481 e. The number of sulfonamides is 1. The first kappa shape index (κ1) is 22.1. The molecule has 3 fully saturated rings. The molecule has 0 radical (unpaired) electrons. The van der Waals surface area contributed by atoms with Crippen molar-refractivity contribution < 1.29 is 18.3 Å². The number of allylic oxidation sites excluding steroid dienone is 2. The van der Waals surface area contributed by atoms with Crippen molar-refractivity contribution in [2.24, 2.45) is 17.8 Å². The van der Waals surface area contributed by atoms with Gasteiger partial charge in [-0.05, 0) is 73.6 Å². The molecule has 158 valence electrons. The molecule has 7 heteroatoms. The first-order valence-electron chi connectivity index (χ1n) is 10.2. The number of nitrogens with one attached hydrogen (secondary N) is 1. The maximum Gasteiger partial charge on any atom is 0.303 e. The highest BCUT2D eigenvalue weighted by Crippen LogP contribution is 2.46. The molecule has 3 aliphatic rings. The fraction of sp³-hybridized carbons (Fsp3) is 0.500. The van der Waals surface area contributed by atoms with Crippen LogP contribution in [0.3, 0.4) is 0 Å². The van der Waals surface area contributed by atoms with Crippen molar-refractivity contribution in [1.29, 1.82) is 0 Å². The van der Waals surface area contributed by atoms with Crippen molar-refractivity contribution in [1.82, 2.24) is 4.72 Å². The number of carbonyl (C=O) groups is 1. The van der Waals surface area contributed by atoms with E-state index in [9.17, 15) is 13.2 Å². The van der Waals surface area contributed by atoms with Crippen LogP contribution in [0.2, 0.25) is 5.02 Å². The van der Waals surface area contributed by atoms with Crippen molar-refractivity contribution in [3.8, 4) is 0 Å². The lowest BCUT2D eigenvalue weighted by atomic mass is 9.62. The van der Waals surface area contributed by atoms with E-state index in [1.165, 1.54) is 5.41 Å². The Morgan fingerprint density at radius 1 is 1.28 bits per heavy atom. The monoisotopic (exact) mass is 437 g/mol. The molecule has 3 aliphatic carbocycles. The number of rotatable bonds is 9. The summed E-state index contributed by atoms with van der Waals surface area (Å²) in [4.78, 5) is 10.6. The number of halogens is 1. The molecule has 5 nitrogen and oxygen atoms in total. The molecule has 2 bridgehead atoms. The van der Waals surface area contributed by atoms with Gasteiger partial charge in [-0.3, -0.25) is 4.79 Å². The quantitative estimate of drug-likeness (QED) is 0.427. The molecule has 29 heavy (non-hydrogen) atoms. The topological polar surface area (TPSA) is 83.5 Å². The molecule has 0 spiro atoms. The predicted octanol–water partition coefficient (Wildman–Crippen LogP) is 4.85. The van der Waals surface area contributed by atoms with Crippen molar-refractivity contribution in [3.63, 3.8) is 0 Å². The van der Waals surface area contributed by atoms with Crippen LogP contribution in [0.5, 0.6) is 0 Å². The molecule has 0 saturated heterocycles. The normalized spacial score (nSPS) is 27.1. The summed E-state index contributed by atoms with van der Waals surface area (Å²) in [5.41, 5.74) is 0.746. The number of hydrogen-bond donors (Lipinski definition) is 2. The number of unbranched alkanes of at least 4 members (excludes halogenated alkanes) is 1. The zero-order chi connectivity index (χ0) is 20.9. The Morgan fingerprint density at radius 2 is 2.10 bits per heavy atom. The van der Waals surface area contributed by atoms with Crippen molar-refractivity contribution in [2.45, 2.75) is 51.0 Å². The zero-order valence-electron chi connectivity index (χ0n) is 16.3. The van der Waals surface area contributed by atoms with Gasteiger partial charge in [0.15, 0.2) is 0 Å².